The Labute approximate surface area is 107 Å². The van der Waals surface area contributed by atoms with Crippen LogP contribution in [0.5, 0.6) is 0 Å². The van der Waals surface area contributed by atoms with Gasteiger partial charge < -0.3 is 5.11 Å². The molecule has 0 bridgehead atoms. The zero-order valence-corrected chi connectivity index (χ0v) is 11.5. The van der Waals surface area contributed by atoms with Crippen molar-refractivity contribution in [3.63, 3.8) is 0 Å². The van der Waals surface area contributed by atoms with Gasteiger partial charge in [0.15, 0.2) is 0 Å². The lowest BCUT2D eigenvalue weighted by Crippen LogP contribution is -2.45. The molecule has 0 spiro atoms. The molecule has 18 heavy (non-hydrogen) atoms. The molecule has 6 nitrogen and oxygen atoms in total. The van der Waals surface area contributed by atoms with E-state index in [1.807, 2.05) is 0 Å². The zero-order valence-electron chi connectivity index (χ0n) is 10.7. The molecule has 1 aromatic heterocycles. The van der Waals surface area contributed by atoms with Crippen molar-refractivity contribution in [2.45, 2.75) is 44.0 Å². The third kappa shape index (κ3) is 2.17. The summed E-state index contributed by atoms with van der Waals surface area (Å²) in [6.07, 6.45) is 2.51. The van der Waals surface area contributed by atoms with Crippen LogP contribution >= 0.6 is 0 Å². The number of H-pyrrole nitrogens is 1. The first kappa shape index (κ1) is 13.5. The van der Waals surface area contributed by atoms with E-state index in [1.165, 1.54) is 4.31 Å². The van der Waals surface area contributed by atoms with E-state index in [0.29, 0.717) is 24.4 Å². The van der Waals surface area contributed by atoms with E-state index in [2.05, 4.69) is 10.2 Å². The Morgan fingerprint density at radius 3 is 2.72 bits per heavy atom. The summed E-state index contributed by atoms with van der Waals surface area (Å²) in [6, 6.07) is -0.308. The highest BCUT2D eigenvalue weighted by molar-refractivity contribution is 7.89. The van der Waals surface area contributed by atoms with E-state index < -0.39 is 10.0 Å². The topological polar surface area (TPSA) is 86.3 Å². The summed E-state index contributed by atoms with van der Waals surface area (Å²) < 4.78 is 26.6. The summed E-state index contributed by atoms with van der Waals surface area (Å²) in [5.74, 6) is 0. The maximum absolute atomic E-state index is 12.6. The summed E-state index contributed by atoms with van der Waals surface area (Å²) in [5, 5.41) is 16.0. The number of hydrogen-bond donors (Lipinski definition) is 2. The lowest BCUT2D eigenvalue weighted by molar-refractivity contribution is 0.155. The minimum atomic E-state index is -3.56. The monoisotopic (exact) mass is 273 g/mol. The molecule has 0 amide bonds. The number of sulfonamides is 1. The predicted octanol–water partition coefficient (Wildman–Crippen LogP) is 0.562. The average Bonchev–Trinajstić information content (AvgIpc) is 2.69. The number of hydrogen-bond acceptors (Lipinski definition) is 4. The van der Waals surface area contributed by atoms with Gasteiger partial charge in [-0.05, 0) is 26.7 Å². The van der Waals surface area contributed by atoms with E-state index in [1.54, 1.807) is 13.8 Å². The van der Waals surface area contributed by atoms with Crippen LogP contribution in [-0.4, -0.2) is 47.2 Å². The average molecular weight is 273 g/mol. The van der Waals surface area contributed by atoms with Crippen LogP contribution in [0, 0.1) is 13.8 Å². The fourth-order valence-electron chi connectivity index (χ4n) is 2.51. The number of nitrogens with zero attached hydrogens (tertiary/aromatic N) is 2. The highest BCUT2D eigenvalue weighted by Gasteiger charge is 2.35. The highest BCUT2D eigenvalue weighted by atomic mass is 32.2. The molecule has 2 rings (SSSR count). The molecular weight excluding hydrogens is 254 g/mol. The van der Waals surface area contributed by atoms with Crippen LogP contribution in [0.1, 0.15) is 30.7 Å². The van der Waals surface area contributed by atoms with Crippen LogP contribution in [0.25, 0.3) is 0 Å². The third-order valence-electron chi connectivity index (χ3n) is 3.41. The molecule has 1 aromatic rings. The summed E-state index contributed by atoms with van der Waals surface area (Å²) >= 11 is 0. The molecule has 0 saturated carbocycles. The molecule has 1 unspecified atom stereocenters. The maximum atomic E-state index is 12.6. The number of rotatable bonds is 3. The first-order valence-corrected chi connectivity index (χ1v) is 7.56. The molecule has 1 fully saturated rings. The molecule has 0 aromatic carbocycles. The molecule has 1 atom stereocenters. The van der Waals surface area contributed by atoms with Gasteiger partial charge in [0.1, 0.15) is 4.90 Å². The van der Waals surface area contributed by atoms with Crippen LogP contribution in [0.4, 0.5) is 0 Å². The molecule has 1 aliphatic heterocycles. The van der Waals surface area contributed by atoms with Crippen molar-refractivity contribution in [3.8, 4) is 0 Å². The fourth-order valence-corrected chi connectivity index (χ4v) is 4.53. The van der Waals surface area contributed by atoms with Crippen molar-refractivity contribution in [2.75, 3.05) is 13.2 Å². The summed E-state index contributed by atoms with van der Waals surface area (Å²) in [7, 11) is -3.56. The van der Waals surface area contributed by atoms with Gasteiger partial charge in [-0.15, -0.1) is 0 Å². The maximum Gasteiger partial charge on any atom is 0.247 e. The molecule has 7 heteroatoms. The standard InChI is InChI=1S/C11H19N3O3S/c1-8-11(9(2)13-12-8)18(16,17)14-6-4-3-5-10(14)7-15/h10,15H,3-7H2,1-2H3,(H,12,13). The number of aliphatic hydroxyl groups excluding tert-OH is 1. The van der Waals surface area contributed by atoms with Gasteiger partial charge in [0.05, 0.1) is 18.0 Å². The minimum Gasteiger partial charge on any atom is -0.395 e. The second-order valence-corrected chi connectivity index (χ2v) is 6.54. The van der Waals surface area contributed by atoms with Crippen LogP contribution in [0.3, 0.4) is 0 Å². The molecule has 0 aliphatic carbocycles. The number of aromatic amines is 1. The van der Waals surface area contributed by atoms with Crippen LogP contribution < -0.4 is 0 Å². The van der Waals surface area contributed by atoms with Gasteiger partial charge in [-0.3, -0.25) is 5.10 Å². The van der Waals surface area contributed by atoms with Gasteiger partial charge in [0.2, 0.25) is 10.0 Å². The SMILES string of the molecule is Cc1n[nH]c(C)c1S(=O)(=O)N1CCCCC1CO. The van der Waals surface area contributed by atoms with Crippen molar-refractivity contribution in [2.24, 2.45) is 0 Å². The van der Waals surface area contributed by atoms with Gasteiger partial charge in [0.25, 0.3) is 0 Å². The Morgan fingerprint density at radius 2 is 2.17 bits per heavy atom. The van der Waals surface area contributed by atoms with Crippen molar-refractivity contribution in [1.82, 2.24) is 14.5 Å². The summed E-state index contributed by atoms with van der Waals surface area (Å²) in [4.78, 5) is 0.253. The van der Waals surface area contributed by atoms with Crippen LogP contribution in [-0.2, 0) is 10.0 Å². The van der Waals surface area contributed by atoms with Gasteiger partial charge in [-0.2, -0.15) is 9.40 Å². The van der Waals surface area contributed by atoms with Crippen molar-refractivity contribution < 1.29 is 13.5 Å². The molecular formula is C11H19N3O3S. The van der Waals surface area contributed by atoms with Gasteiger partial charge in [-0.1, -0.05) is 6.42 Å². The molecule has 2 heterocycles. The van der Waals surface area contributed by atoms with Crippen LogP contribution in [0.2, 0.25) is 0 Å². The predicted molar refractivity (Wildman–Crippen MR) is 66.7 cm³/mol. The van der Waals surface area contributed by atoms with E-state index in [0.717, 1.165) is 12.8 Å². The van der Waals surface area contributed by atoms with E-state index in [4.69, 9.17) is 0 Å². The Kier molecular flexibility index (Phi) is 3.74. The Balaban J connectivity index is 2.41. The third-order valence-corrected chi connectivity index (χ3v) is 5.63. The molecule has 2 N–H and O–H groups in total. The summed E-state index contributed by atoms with van der Waals surface area (Å²) in [5.41, 5.74) is 1.03. The smallest absolute Gasteiger partial charge is 0.247 e. The Hall–Kier alpha value is -0.920. The first-order valence-electron chi connectivity index (χ1n) is 6.12. The first-order chi connectivity index (χ1) is 8.48. The van der Waals surface area contributed by atoms with E-state index in [-0.39, 0.29) is 17.5 Å². The quantitative estimate of drug-likeness (QED) is 0.842. The normalized spacial score (nSPS) is 22.3. The van der Waals surface area contributed by atoms with Gasteiger partial charge in [0, 0.05) is 12.6 Å². The van der Waals surface area contributed by atoms with Crippen molar-refractivity contribution in [3.05, 3.63) is 11.4 Å². The number of nitrogens with one attached hydrogen (secondary N) is 1. The Morgan fingerprint density at radius 1 is 1.44 bits per heavy atom. The minimum absolute atomic E-state index is 0.130. The van der Waals surface area contributed by atoms with Crippen molar-refractivity contribution >= 4 is 10.0 Å². The number of aryl methyl sites for hydroxylation is 2. The molecule has 1 aliphatic rings. The molecule has 102 valence electrons. The second-order valence-electron chi connectivity index (χ2n) is 4.71. The lowest BCUT2D eigenvalue weighted by Gasteiger charge is -2.33. The van der Waals surface area contributed by atoms with E-state index in [9.17, 15) is 13.5 Å². The zero-order chi connectivity index (χ0) is 13.3. The highest BCUT2D eigenvalue weighted by Crippen LogP contribution is 2.27. The van der Waals surface area contributed by atoms with Gasteiger partial charge in [-0.25, -0.2) is 8.42 Å². The van der Waals surface area contributed by atoms with Gasteiger partial charge >= 0.3 is 0 Å². The molecule has 0 radical (unpaired) electrons. The molecule has 1 saturated heterocycles. The number of aromatic nitrogens is 2. The number of piperidine rings is 1. The Bertz CT molecular complexity index is 504. The fraction of sp³-hybridized carbons (Fsp3) is 0.727. The largest absolute Gasteiger partial charge is 0.395 e. The van der Waals surface area contributed by atoms with Crippen molar-refractivity contribution in [1.29, 1.82) is 0 Å². The second kappa shape index (κ2) is 4.99. The van der Waals surface area contributed by atoms with E-state index >= 15 is 0 Å². The number of aliphatic hydroxyl groups is 1. The van der Waals surface area contributed by atoms with Crippen LogP contribution in [0.15, 0.2) is 4.90 Å². The lowest BCUT2D eigenvalue weighted by atomic mass is 10.1. The summed E-state index contributed by atoms with van der Waals surface area (Å²) in [6.45, 7) is 3.71.